The first-order chi connectivity index (χ1) is 10.7. The number of hydrogen-bond acceptors (Lipinski definition) is 3. The lowest BCUT2D eigenvalue weighted by molar-refractivity contribution is -0.109. The van der Waals surface area contributed by atoms with Gasteiger partial charge in [-0.1, -0.05) is 18.2 Å². The molecule has 0 radical (unpaired) electrons. The van der Waals surface area contributed by atoms with Crippen molar-refractivity contribution < 1.29 is 13.9 Å². The number of nitrogens with zero attached hydrogens (tertiary/aromatic N) is 1. The third-order valence-corrected chi connectivity index (χ3v) is 4.07. The molecule has 1 heterocycles. The van der Waals surface area contributed by atoms with Crippen molar-refractivity contribution in [3.8, 4) is 6.07 Å². The highest BCUT2D eigenvalue weighted by atomic mass is 19.1. The monoisotopic (exact) mass is 295 g/mol. The first-order valence-corrected chi connectivity index (χ1v) is 7.07. The molecule has 1 aliphatic heterocycles. The molecule has 0 spiro atoms. The van der Waals surface area contributed by atoms with Gasteiger partial charge in [0.2, 0.25) is 0 Å². The molecule has 1 atom stereocenters. The Labute approximate surface area is 128 Å². The van der Waals surface area contributed by atoms with Gasteiger partial charge in [0.05, 0.1) is 18.2 Å². The number of benzene rings is 2. The number of nitriles is 1. The zero-order valence-corrected chi connectivity index (χ0v) is 11.9. The van der Waals surface area contributed by atoms with E-state index in [1.807, 2.05) is 12.1 Å². The number of rotatable bonds is 4. The first kappa shape index (κ1) is 14.4. The van der Waals surface area contributed by atoms with Crippen molar-refractivity contribution in [2.24, 2.45) is 0 Å². The van der Waals surface area contributed by atoms with E-state index in [0.717, 1.165) is 23.0 Å². The highest BCUT2D eigenvalue weighted by molar-refractivity contribution is 5.52. The summed E-state index contributed by atoms with van der Waals surface area (Å²) in [5.74, 6) is -0.313. The average Bonchev–Trinajstić information content (AvgIpc) is 2.92. The van der Waals surface area contributed by atoms with E-state index in [2.05, 4.69) is 6.07 Å². The molecule has 2 aromatic rings. The van der Waals surface area contributed by atoms with Gasteiger partial charge < -0.3 is 9.53 Å². The highest BCUT2D eigenvalue weighted by Crippen LogP contribution is 2.45. The zero-order valence-electron chi connectivity index (χ0n) is 11.9. The summed E-state index contributed by atoms with van der Waals surface area (Å²) in [4.78, 5) is 10.8. The van der Waals surface area contributed by atoms with Crippen molar-refractivity contribution in [2.75, 3.05) is 0 Å². The molecule has 0 saturated carbocycles. The van der Waals surface area contributed by atoms with Gasteiger partial charge in [-0.3, -0.25) is 0 Å². The molecule has 0 aromatic heterocycles. The van der Waals surface area contributed by atoms with Crippen LogP contribution in [0.5, 0.6) is 0 Å². The Balaban J connectivity index is 2.12. The van der Waals surface area contributed by atoms with Crippen LogP contribution in [0, 0.1) is 17.1 Å². The maximum absolute atomic E-state index is 13.2. The summed E-state index contributed by atoms with van der Waals surface area (Å²) in [6, 6.07) is 13.7. The van der Waals surface area contributed by atoms with E-state index < -0.39 is 5.60 Å². The van der Waals surface area contributed by atoms with Crippen molar-refractivity contribution in [3.05, 3.63) is 70.5 Å². The van der Waals surface area contributed by atoms with Crippen LogP contribution in [0.1, 0.15) is 35.1 Å². The maximum Gasteiger partial charge on any atom is 0.123 e. The predicted molar refractivity (Wildman–Crippen MR) is 78.4 cm³/mol. The van der Waals surface area contributed by atoms with Crippen LogP contribution >= 0.6 is 0 Å². The van der Waals surface area contributed by atoms with Crippen LogP contribution in [0.3, 0.4) is 0 Å². The summed E-state index contributed by atoms with van der Waals surface area (Å²) in [7, 11) is 0. The Morgan fingerprint density at radius 1 is 1.27 bits per heavy atom. The smallest absolute Gasteiger partial charge is 0.123 e. The van der Waals surface area contributed by atoms with E-state index in [1.165, 1.54) is 12.1 Å². The minimum Gasteiger partial charge on any atom is -0.361 e. The van der Waals surface area contributed by atoms with E-state index in [1.54, 1.807) is 18.2 Å². The second-order valence-electron chi connectivity index (χ2n) is 5.31. The van der Waals surface area contributed by atoms with Crippen molar-refractivity contribution >= 4 is 6.29 Å². The molecule has 1 unspecified atom stereocenters. The van der Waals surface area contributed by atoms with Gasteiger partial charge in [-0.2, -0.15) is 5.26 Å². The quantitative estimate of drug-likeness (QED) is 0.812. The SMILES string of the molecule is N#Cc1ccc2c(c1)COC2(CCC=O)c1ccc(F)cc1. The van der Waals surface area contributed by atoms with Gasteiger partial charge in [0.25, 0.3) is 0 Å². The molecule has 2 aromatic carbocycles. The molecule has 0 amide bonds. The van der Waals surface area contributed by atoms with Crippen LogP contribution in [0.2, 0.25) is 0 Å². The molecule has 22 heavy (non-hydrogen) atoms. The summed E-state index contributed by atoms with van der Waals surface area (Å²) in [6.45, 7) is 0.376. The fraction of sp³-hybridized carbons (Fsp3) is 0.222. The van der Waals surface area contributed by atoms with Gasteiger partial charge in [0.1, 0.15) is 17.7 Å². The molecular weight excluding hydrogens is 281 g/mol. The average molecular weight is 295 g/mol. The Morgan fingerprint density at radius 3 is 2.73 bits per heavy atom. The van der Waals surface area contributed by atoms with Crippen molar-refractivity contribution in [1.29, 1.82) is 5.26 Å². The minimum absolute atomic E-state index is 0.313. The van der Waals surface area contributed by atoms with Crippen molar-refractivity contribution in [3.63, 3.8) is 0 Å². The van der Waals surface area contributed by atoms with E-state index in [-0.39, 0.29) is 5.82 Å². The van der Waals surface area contributed by atoms with Crippen LogP contribution in [0.4, 0.5) is 4.39 Å². The summed E-state index contributed by atoms with van der Waals surface area (Å²) >= 11 is 0. The molecule has 1 aliphatic rings. The molecule has 0 aliphatic carbocycles. The number of hydrogen-bond donors (Lipinski definition) is 0. The number of halogens is 1. The minimum atomic E-state index is -0.752. The van der Waals surface area contributed by atoms with Crippen molar-refractivity contribution in [1.82, 2.24) is 0 Å². The summed E-state index contributed by atoms with van der Waals surface area (Å²) < 4.78 is 19.3. The lowest BCUT2D eigenvalue weighted by atomic mass is 9.82. The number of carbonyl (C=O) groups is 1. The second kappa shape index (κ2) is 5.70. The lowest BCUT2D eigenvalue weighted by Gasteiger charge is -2.30. The van der Waals surface area contributed by atoms with Crippen LogP contribution in [0.25, 0.3) is 0 Å². The molecule has 0 bridgehead atoms. The number of fused-ring (bicyclic) bond motifs is 1. The molecule has 4 heteroatoms. The Kier molecular flexibility index (Phi) is 3.74. The van der Waals surface area contributed by atoms with Crippen LogP contribution in [0.15, 0.2) is 42.5 Å². The van der Waals surface area contributed by atoms with E-state index in [9.17, 15) is 9.18 Å². The number of carbonyl (C=O) groups excluding carboxylic acids is 1. The normalized spacial score (nSPS) is 19.5. The lowest BCUT2D eigenvalue weighted by Crippen LogP contribution is -2.27. The van der Waals surface area contributed by atoms with Gasteiger partial charge in [0.15, 0.2) is 0 Å². The molecule has 3 nitrogen and oxygen atoms in total. The van der Waals surface area contributed by atoms with Crippen LogP contribution in [-0.2, 0) is 21.7 Å². The highest BCUT2D eigenvalue weighted by Gasteiger charge is 2.41. The molecule has 0 N–H and O–H groups in total. The molecule has 0 saturated heterocycles. The number of ether oxygens (including phenoxy) is 1. The zero-order chi connectivity index (χ0) is 15.6. The molecule has 110 valence electrons. The van der Waals surface area contributed by atoms with Gasteiger partial charge in [-0.15, -0.1) is 0 Å². The third kappa shape index (κ3) is 2.30. The Hall–Kier alpha value is -2.51. The first-order valence-electron chi connectivity index (χ1n) is 7.07. The Morgan fingerprint density at radius 2 is 2.05 bits per heavy atom. The summed E-state index contributed by atoms with van der Waals surface area (Å²) in [5, 5.41) is 9.01. The van der Waals surface area contributed by atoms with E-state index >= 15 is 0 Å². The molecular formula is C18H14FNO2. The topological polar surface area (TPSA) is 50.1 Å². The fourth-order valence-corrected chi connectivity index (χ4v) is 3.03. The van der Waals surface area contributed by atoms with Gasteiger partial charge in [-0.05, 0) is 47.4 Å². The predicted octanol–water partition coefficient (Wildman–Crippen LogP) is 3.45. The molecule has 0 fully saturated rings. The fourth-order valence-electron chi connectivity index (χ4n) is 3.03. The van der Waals surface area contributed by atoms with Crippen LogP contribution < -0.4 is 0 Å². The second-order valence-corrected chi connectivity index (χ2v) is 5.31. The van der Waals surface area contributed by atoms with Gasteiger partial charge in [-0.25, -0.2) is 4.39 Å². The molecule has 3 rings (SSSR count). The summed E-state index contributed by atoms with van der Waals surface area (Å²) in [5.41, 5.74) is 2.53. The van der Waals surface area contributed by atoms with E-state index in [0.29, 0.717) is 25.0 Å². The third-order valence-electron chi connectivity index (χ3n) is 4.07. The van der Waals surface area contributed by atoms with Gasteiger partial charge >= 0.3 is 0 Å². The number of aldehydes is 1. The Bertz CT molecular complexity index is 749. The standard InChI is InChI=1S/C18H14FNO2/c19-16-5-3-15(4-6-16)18(8-1-9-21)17-7-2-13(11-20)10-14(17)12-22-18/h2-7,9-10H,1,8,12H2. The van der Waals surface area contributed by atoms with Gasteiger partial charge in [0, 0.05) is 6.42 Å². The van der Waals surface area contributed by atoms with Crippen molar-refractivity contribution in [2.45, 2.75) is 25.0 Å². The maximum atomic E-state index is 13.2. The van der Waals surface area contributed by atoms with E-state index in [4.69, 9.17) is 10.00 Å². The van der Waals surface area contributed by atoms with Crippen LogP contribution in [-0.4, -0.2) is 6.29 Å². The largest absolute Gasteiger partial charge is 0.361 e. The summed E-state index contributed by atoms with van der Waals surface area (Å²) in [6.07, 6.45) is 1.69.